The number of carbonyl (C=O) groups excluding carboxylic acids is 2. The summed E-state index contributed by atoms with van der Waals surface area (Å²) in [5.74, 6) is -0.326. The third-order valence-electron chi connectivity index (χ3n) is 5.88. The van der Waals surface area contributed by atoms with E-state index in [9.17, 15) is 14.7 Å². The van der Waals surface area contributed by atoms with Gasteiger partial charge in [0.25, 0.3) is 11.7 Å². The summed E-state index contributed by atoms with van der Waals surface area (Å²) in [5.41, 5.74) is 1.97. The molecular formula is C28H35NO6. The number of likely N-dealkylation sites (tertiary alicyclic amines) is 1. The lowest BCUT2D eigenvalue weighted by Crippen LogP contribution is -2.31. The van der Waals surface area contributed by atoms with Gasteiger partial charge in [-0.1, -0.05) is 25.1 Å². The number of hydrogen-bond acceptors (Lipinski definition) is 6. The first kappa shape index (κ1) is 26.3. The van der Waals surface area contributed by atoms with Crippen LogP contribution in [0.5, 0.6) is 11.5 Å². The second-order valence-corrected chi connectivity index (χ2v) is 8.84. The number of nitrogens with zero attached hydrogens (tertiary/aromatic N) is 1. The van der Waals surface area contributed by atoms with Crippen molar-refractivity contribution in [1.29, 1.82) is 0 Å². The first-order valence-electron chi connectivity index (χ1n) is 12.1. The number of amides is 1. The number of methoxy groups -OCH3 is 1. The summed E-state index contributed by atoms with van der Waals surface area (Å²) >= 11 is 0. The molecule has 1 aliphatic rings. The molecule has 1 fully saturated rings. The van der Waals surface area contributed by atoms with Gasteiger partial charge in [0.1, 0.15) is 17.3 Å². The Morgan fingerprint density at radius 2 is 1.83 bits per heavy atom. The van der Waals surface area contributed by atoms with E-state index in [-0.39, 0.29) is 17.4 Å². The predicted molar refractivity (Wildman–Crippen MR) is 135 cm³/mol. The van der Waals surface area contributed by atoms with E-state index in [4.69, 9.17) is 14.2 Å². The summed E-state index contributed by atoms with van der Waals surface area (Å²) in [7, 11) is 1.54. The molecule has 7 heteroatoms. The van der Waals surface area contributed by atoms with E-state index in [0.29, 0.717) is 43.1 Å². The van der Waals surface area contributed by atoms with Crippen LogP contribution in [-0.4, -0.2) is 54.7 Å². The molecule has 1 atom stereocenters. The molecule has 1 aliphatic heterocycles. The Bertz CT molecular complexity index is 1090. The summed E-state index contributed by atoms with van der Waals surface area (Å²) in [6, 6.07) is 11.7. The minimum Gasteiger partial charge on any atom is -0.507 e. The number of para-hydroxylation sites is 1. The maximum Gasteiger partial charge on any atom is 0.295 e. The van der Waals surface area contributed by atoms with E-state index < -0.39 is 17.7 Å². The smallest absolute Gasteiger partial charge is 0.295 e. The van der Waals surface area contributed by atoms with Gasteiger partial charge in [0.05, 0.1) is 31.4 Å². The first-order valence-corrected chi connectivity index (χ1v) is 12.1. The van der Waals surface area contributed by atoms with Gasteiger partial charge in [-0.15, -0.1) is 0 Å². The van der Waals surface area contributed by atoms with Gasteiger partial charge in [-0.05, 0) is 63.4 Å². The molecule has 35 heavy (non-hydrogen) atoms. The van der Waals surface area contributed by atoms with Gasteiger partial charge in [0.2, 0.25) is 0 Å². The highest BCUT2D eigenvalue weighted by atomic mass is 16.5. The molecule has 0 radical (unpaired) electrons. The molecule has 0 spiro atoms. The zero-order chi connectivity index (χ0) is 25.5. The van der Waals surface area contributed by atoms with E-state index in [2.05, 4.69) is 0 Å². The van der Waals surface area contributed by atoms with Crippen LogP contribution in [0.3, 0.4) is 0 Å². The van der Waals surface area contributed by atoms with Crippen molar-refractivity contribution < 1.29 is 28.9 Å². The van der Waals surface area contributed by atoms with Gasteiger partial charge >= 0.3 is 0 Å². The number of carbonyl (C=O) groups is 2. The molecule has 188 valence electrons. The fourth-order valence-corrected chi connectivity index (χ4v) is 4.21. The quantitative estimate of drug-likeness (QED) is 0.210. The average molecular weight is 482 g/mol. The van der Waals surface area contributed by atoms with Crippen molar-refractivity contribution in [1.82, 2.24) is 4.90 Å². The molecule has 0 bridgehead atoms. The van der Waals surface area contributed by atoms with Crippen LogP contribution in [-0.2, 0) is 14.3 Å². The van der Waals surface area contributed by atoms with Crippen molar-refractivity contribution >= 4 is 17.4 Å². The Morgan fingerprint density at radius 1 is 1.09 bits per heavy atom. The van der Waals surface area contributed by atoms with Crippen molar-refractivity contribution in [3.63, 3.8) is 0 Å². The minimum absolute atomic E-state index is 0.0471. The summed E-state index contributed by atoms with van der Waals surface area (Å²) < 4.78 is 16.9. The van der Waals surface area contributed by atoms with Crippen LogP contribution >= 0.6 is 0 Å². The molecule has 7 nitrogen and oxygen atoms in total. The second kappa shape index (κ2) is 11.9. The van der Waals surface area contributed by atoms with Gasteiger partial charge in [0.15, 0.2) is 0 Å². The number of aliphatic hydroxyl groups excluding tert-OH is 1. The van der Waals surface area contributed by atoms with Gasteiger partial charge in [-0.2, -0.15) is 0 Å². The highest BCUT2D eigenvalue weighted by molar-refractivity contribution is 6.46. The van der Waals surface area contributed by atoms with E-state index in [1.807, 2.05) is 45.9 Å². The van der Waals surface area contributed by atoms with E-state index in [0.717, 1.165) is 17.7 Å². The van der Waals surface area contributed by atoms with Crippen LogP contribution in [0, 0.1) is 6.92 Å². The zero-order valence-corrected chi connectivity index (χ0v) is 21.2. The van der Waals surface area contributed by atoms with Crippen LogP contribution in [0.4, 0.5) is 0 Å². The van der Waals surface area contributed by atoms with Gasteiger partial charge < -0.3 is 24.2 Å². The van der Waals surface area contributed by atoms with Crippen LogP contribution in [0.1, 0.15) is 56.3 Å². The normalized spacial score (nSPS) is 17.3. The molecule has 1 saturated heterocycles. The van der Waals surface area contributed by atoms with E-state index >= 15 is 0 Å². The SMILES string of the molecule is CCCOc1ccc(/C(O)=C2\C(=O)C(=O)N(CCCOC(C)C)C2c2ccccc2OC)cc1C. The van der Waals surface area contributed by atoms with Crippen molar-refractivity contribution in [3.8, 4) is 11.5 Å². The van der Waals surface area contributed by atoms with Crippen molar-refractivity contribution in [2.24, 2.45) is 0 Å². The number of aliphatic hydroxyl groups is 1. The lowest BCUT2D eigenvalue weighted by molar-refractivity contribution is -0.140. The van der Waals surface area contributed by atoms with Gasteiger partial charge in [0, 0.05) is 24.3 Å². The third kappa shape index (κ3) is 5.85. The Hall–Kier alpha value is -3.32. The molecule has 0 aliphatic carbocycles. The summed E-state index contributed by atoms with van der Waals surface area (Å²) in [6.45, 7) is 9.15. The van der Waals surface area contributed by atoms with Crippen LogP contribution in [0.25, 0.3) is 5.76 Å². The van der Waals surface area contributed by atoms with Gasteiger partial charge in [-0.3, -0.25) is 9.59 Å². The number of ether oxygens (including phenoxy) is 3. The lowest BCUT2D eigenvalue weighted by Gasteiger charge is -2.26. The summed E-state index contributed by atoms with van der Waals surface area (Å²) in [5, 5.41) is 11.3. The highest BCUT2D eigenvalue weighted by Gasteiger charge is 2.46. The minimum atomic E-state index is -0.776. The topological polar surface area (TPSA) is 85.3 Å². The standard InChI is InChI=1S/C28H35NO6/c1-6-15-35-22-13-12-20(17-19(22)4)26(30)24-25(21-10-7-8-11-23(21)33-5)29(28(32)27(24)31)14-9-16-34-18(2)3/h7-8,10-13,17-18,25,30H,6,9,14-16H2,1-5H3/b26-24+. The molecular weight excluding hydrogens is 446 g/mol. The average Bonchev–Trinajstić information content (AvgIpc) is 3.10. The fraction of sp³-hybridized carbons (Fsp3) is 0.429. The highest BCUT2D eigenvalue weighted by Crippen LogP contribution is 2.43. The largest absolute Gasteiger partial charge is 0.507 e. The lowest BCUT2D eigenvalue weighted by atomic mass is 9.94. The number of aryl methyl sites for hydroxylation is 1. The Kier molecular flexibility index (Phi) is 8.93. The zero-order valence-electron chi connectivity index (χ0n) is 21.2. The Labute approximate surface area is 207 Å². The summed E-state index contributed by atoms with van der Waals surface area (Å²) in [6.07, 6.45) is 1.51. The number of hydrogen-bond donors (Lipinski definition) is 1. The third-order valence-corrected chi connectivity index (χ3v) is 5.88. The predicted octanol–water partition coefficient (Wildman–Crippen LogP) is 5.03. The molecule has 1 N–H and O–H groups in total. The maximum atomic E-state index is 13.2. The molecule has 2 aromatic carbocycles. The van der Waals surface area contributed by atoms with E-state index in [1.165, 1.54) is 4.90 Å². The number of benzene rings is 2. The van der Waals surface area contributed by atoms with Crippen molar-refractivity contribution in [3.05, 3.63) is 64.7 Å². The second-order valence-electron chi connectivity index (χ2n) is 8.84. The molecule has 0 saturated carbocycles. The van der Waals surface area contributed by atoms with Crippen molar-refractivity contribution in [2.45, 2.75) is 52.7 Å². The molecule has 1 amide bonds. The monoisotopic (exact) mass is 481 g/mol. The molecule has 3 rings (SSSR count). The molecule has 1 unspecified atom stereocenters. The van der Waals surface area contributed by atoms with Gasteiger partial charge in [-0.25, -0.2) is 0 Å². The summed E-state index contributed by atoms with van der Waals surface area (Å²) in [4.78, 5) is 27.9. The number of Topliss-reactive ketones (excluding diaryl/α,β-unsaturated/α-hetero) is 1. The first-order chi connectivity index (χ1) is 16.8. The number of ketones is 1. The molecule has 2 aromatic rings. The van der Waals surface area contributed by atoms with Crippen molar-refractivity contribution in [2.75, 3.05) is 26.9 Å². The fourth-order valence-electron chi connectivity index (χ4n) is 4.21. The van der Waals surface area contributed by atoms with Crippen LogP contribution < -0.4 is 9.47 Å². The van der Waals surface area contributed by atoms with Crippen LogP contribution in [0.2, 0.25) is 0 Å². The Morgan fingerprint density at radius 3 is 2.49 bits per heavy atom. The maximum absolute atomic E-state index is 13.2. The van der Waals surface area contributed by atoms with Crippen LogP contribution in [0.15, 0.2) is 48.0 Å². The number of rotatable bonds is 11. The molecule has 0 aromatic heterocycles. The molecule has 1 heterocycles. The Balaban J connectivity index is 2.06. The van der Waals surface area contributed by atoms with E-state index in [1.54, 1.807) is 31.4 Å².